The average molecular weight is 387 g/mol. The maximum atomic E-state index is 10.9. The molecule has 0 amide bonds. The molecule has 2 aromatic heterocycles. The first kappa shape index (κ1) is 16.6. The molecule has 0 bridgehead atoms. The predicted octanol–water partition coefficient (Wildman–Crippen LogP) is 4.22. The van der Waals surface area contributed by atoms with Gasteiger partial charge in [-0.15, -0.1) is 5.10 Å². The summed E-state index contributed by atoms with van der Waals surface area (Å²) < 4.78 is 1.59. The minimum Gasteiger partial charge on any atom is -0.323 e. The van der Waals surface area contributed by atoms with E-state index in [1.165, 1.54) is 0 Å². The van der Waals surface area contributed by atoms with Gasteiger partial charge >= 0.3 is 0 Å². The molecule has 0 radical (unpaired) electrons. The lowest BCUT2D eigenvalue weighted by Gasteiger charge is -2.07. The number of hydrogen-bond donors (Lipinski definition) is 2. The monoisotopic (exact) mass is 386 g/mol. The van der Waals surface area contributed by atoms with Gasteiger partial charge in [0.25, 0.3) is 0 Å². The van der Waals surface area contributed by atoms with Crippen LogP contribution in [0.5, 0.6) is 0 Å². The van der Waals surface area contributed by atoms with E-state index < -0.39 is 0 Å². The van der Waals surface area contributed by atoms with Crippen molar-refractivity contribution < 1.29 is 4.79 Å². The minimum absolute atomic E-state index is 0.407. The number of carbonyl (C=O) groups is 1. The molecular formula is C17H12Cl2N6O. The van der Waals surface area contributed by atoms with Gasteiger partial charge in [-0.05, 0) is 24.3 Å². The number of anilines is 2. The molecule has 0 atom stereocenters. The highest BCUT2D eigenvalue weighted by atomic mass is 35.5. The smallest absolute Gasteiger partial charge is 0.225 e. The van der Waals surface area contributed by atoms with Gasteiger partial charge in [-0.3, -0.25) is 9.89 Å². The van der Waals surface area contributed by atoms with Crippen LogP contribution in [-0.2, 0) is 7.05 Å². The Balaban J connectivity index is 1.70. The number of nitrogens with one attached hydrogen (secondary N) is 2. The van der Waals surface area contributed by atoms with E-state index in [4.69, 9.17) is 23.2 Å². The molecule has 0 unspecified atom stereocenters. The van der Waals surface area contributed by atoms with Crippen LogP contribution in [-0.4, -0.2) is 31.2 Å². The Bertz CT molecular complexity index is 1130. The summed E-state index contributed by atoms with van der Waals surface area (Å²) in [5, 5.41) is 16.2. The fourth-order valence-corrected chi connectivity index (χ4v) is 3.13. The molecule has 26 heavy (non-hydrogen) atoms. The van der Waals surface area contributed by atoms with Crippen LogP contribution in [0.3, 0.4) is 0 Å². The molecule has 2 aromatic carbocycles. The summed E-state index contributed by atoms with van der Waals surface area (Å²) in [6.07, 6.45) is 2.40. The van der Waals surface area contributed by atoms with E-state index in [9.17, 15) is 4.79 Å². The van der Waals surface area contributed by atoms with Crippen molar-refractivity contribution in [2.45, 2.75) is 0 Å². The van der Waals surface area contributed by atoms with E-state index in [-0.39, 0.29) is 0 Å². The summed E-state index contributed by atoms with van der Waals surface area (Å²) in [7, 11) is 1.76. The quantitative estimate of drug-likeness (QED) is 0.512. The molecule has 7 nitrogen and oxygen atoms in total. The molecule has 4 rings (SSSR count). The van der Waals surface area contributed by atoms with Crippen LogP contribution >= 0.6 is 23.2 Å². The summed E-state index contributed by atoms with van der Waals surface area (Å²) in [6, 6.07) is 8.68. The van der Waals surface area contributed by atoms with E-state index in [0.717, 1.165) is 17.2 Å². The van der Waals surface area contributed by atoms with Crippen molar-refractivity contribution in [1.29, 1.82) is 0 Å². The Labute approximate surface area is 157 Å². The second-order valence-electron chi connectivity index (χ2n) is 5.62. The second kappa shape index (κ2) is 6.44. The summed E-state index contributed by atoms with van der Waals surface area (Å²) >= 11 is 12.7. The number of aromatic amines is 1. The van der Waals surface area contributed by atoms with Crippen molar-refractivity contribution in [1.82, 2.24) is 25.0 Å². The van der Waals surface area contributed by atoms with Gasteiger partial charge in [0.15, 0.2) is 5.82 Å². The van der Waals surface area contributed by atoms with Crippen molar-refractivity contribution in [3.8, 4) is 11.4 Å². The lowest BCUT2D eigenvalue weighted by Crippen LogP contribution is -2.00. The largest absolute Gasteiger partial charge is 0.323 e. The Morgan fingerprint density at radius 2 is 2.08 bits per heavy atom. The second-order valence-corrected chi connectivity index (χ2v) is 6.41. The van der Waals surface area contributed by atoms with Gasteiger partial charge in [0.05, 0.1) is 27.4 Å². The van der Waals surface area contributed by atoms with Crippen LogP contribution < -0.4 is 5.32 Å². The number of H-pyrrole nitrogens is 1. The van der Waals surface area contributed by atoms with Gasteiger partial charge < -0.3 is 5.32 Å². The van der Waals surface area contributed by atoms with Crippen LogP contribution in [0.15, 0.2) is 36.5 Å². The number of rotatable bonds is 4. The number of nitrogens with zero attached hydrogens (tertiary/aromatic N) is 4. The lowest BCUT2D eigenvalue weighted by molar-refractivity contribution is 0.112. The Morgan fingerprint density at radius 3 is 2.85 bits per heavy atom. The van der Waals surface area contributed by atoms with Crippen LogP contribution in [0, 0.1) is 0 Å². The summed E-state index contributed by atoms with van der Waals surface area (Å²) in [5.41, 5.74) is 2.66. The number of aromatic nitrogens is 5. The van der Waals surface area contributed by atoms with Crippen LogP contribution in [0.2, 0.25) is 10.0 Å². The van der Waals surface area contributed by atoms with Crippen LogP contribution in [0.25, 0.3) is 22.3 Å². The maximum absolute atomic E-state index is 10.9. The molecular weight excluding hydrogens is 375 g/mol. The summed E-state index contributed by atoms with van der Waals surface area (Å²) in [5.74, 6) is 0.943. The fourth-order valence-electron chi connectivity index (χ4n) is 2.59. The topological polar surface area (TPSA) is 88.5 Å². The lowest BCUT2D eigenvalue weighted by atomic mass is 10.1. The first-order chi connectivity index (χ1) is 12.6. The standard InChI is InChI=1S/C17H12Cl2N6O/c1-25-17(21-14-5-4-13-11(15(14)19)7-20-23-13)22-16(24-25)10-3-2-9(8-26)6-12(10)18/h2-8H,1H3,(H,20,23)(H,21,22,24). The molecule has 2 N–H and O–H groups in total. The van der Waals surface area contributed by atoms with Crippen molar-refractivity contribution in [3.63, 3.8) is 0 Å². The van der Waals surface area contributed by atoms with Crippen molar-refractivity contribution in [3.05, 3.63) is 52.1 Å². The van der Waals surface area contributed by atoms with E-state index in [1.54, 1.807) is 36.1 Å². The third-order valence-electron chi connectivity index (χ3n) is 3.94. The molecule has 130 valence electrons. The molecule has 9 heteroatoms. The van der Waals surface area contributed by atoms with E-state index >= 15 is 0 Å². The first-order valence-corrected chi connectivity index (χ1v) is 8.37. The molecule has 0 aliphatic rings. The molecule has 0 saturated heterocycles. The summed E-state index contributed by atoms with van der Waals surface area (Å²) in [4.78, 5) is 15.3. The molecule has 2 heterocycles. The minimum atomic E-state index is 0.407. The van der Waals surface area contributed by atoms with Gasteiger partial charge in [-0.2, -0.15) is 10.1 Å². The average Bonchev–Trinajstić information content (AvgIpc) is 3.24. The summed E-state index contributed by atoms with van der Waals surface area (Å²) in [6.45, 7) is 0. The zero-order chi connectivity index (χ0) is 18.3. The van der Waals surface area contributed by atoms with E-state index in [0.29, 0.717) is 38.6 Å². The highest BCUT2D eigenvalue weighted by molar-refractivity contribution is 6.38. The highest BCUT2D eigenvalue weighted by Crippen LogP contribution is 2.32. The third kappa shape index (κ3) is 2.81. The van der Waals surface area contributed by atoms with E-state index in [2.05, 4.69) is 25.6 Å². The van der Waals surface area contributed by atoms with Gasteiger partial charge in [0.1, 0.15) is 6.29 Å². The van der Waals surface area contributed by atoms with Crippen molar-refractivity contribution in [2.75, 3.05) is 5.32 Å². The normalized spacial score (nSPS) is 11.0. The number of hydrogen-bond acceptors (Lipinski definition) is 5. The SMILES string of the molecule is Cn1nc(-c2ccc(C=O)cc2Cl)nc1Nc1ccc2[nH]ncc2c1Cl. The molecule has 0 fully saturated rings. The van der Waals surface area contributed by atoms with Gasteiger partial charge in [-0.25, -0.2) is 4.68 Å². The van der Waals surface area contributed by atoms with Gasteiger partial charge in [-0.1, -0.05) is 29.3 Å². The van der Waals surface area contributed by atoms with Crippen LogP contribution in [0.4, 0.5) is 11.6 Å². The fraction of sp³-hybridized carbons (Fsp3) is 0.0588. The number of benzene rings is 2. The third-order valence-corrected chi connectivity index (χ3v) is 4.66. The predicted molar refractivity (Wildman–Crippen MR) is 101 cm³/mol. The number of aldehydes is 1. The Kier molecular flexibility index (Phi) is 4.10. The zero-order valence-electron chi connectivity index (χ0n) is 13.5. The maximum Gasteiger partial charge on any atom is 0.225 e. The molecule has 0 aliphatic heterocycles. The Morgan fingerprint density at radius 1 is 1.23 bits per heavy atom. The number of halogens is 2. The zero-order valence-corrected chi connectivity index (χ0v) is 15.0. The molecule has 0 aliphatic carbocycles. The van der Waals surface area contributed by atoms with Crippen LogP contribution in [0.1, 0.15) is 10.4 Å². The van der Waals surface area contributed by atoms with Crippen molar-refractivity contribution >= 4 is 52.0 Å². The van der Waals surface area contributed by atoms with E-state index in [1.807, 2.05) is 12.1 Å². The van der Waals surface area contributed by atoms with Crippen molar-refractivity contribution in [2.24, 2.45) is 7.05 Å². The van der Waals surface area contributed by atoms with Gasteiger partial charge in [0, 0.05) is 23.6 Å². The number of fused-ring (bicyclic) bond motifs is 1. The number of carbonyl (C=O) groups excluding carboxylic acids is 1. The van der Waals surface area contributed by atoms with Gasteiger partial charge in [0.2, 0.25) is 5.95 Å². The first-order valence-electron chi connectivity index (χ1n) is 7.61. The molecule has 4 aromatic rings. The highest BCUT2D eigenvalue weighted by Gasteiger charge is 2.15. The number of aryl methyl sites for hydroxylation is 1. The molecule has 0 saturated carbocycles. The Hall–Kier alpha value is -2.90. The molecule has 0 spiro atoms.